The first-order chi connectivity index (χ1) is 18.4. The lowest BCUT2D eigenvalue weighted by Crippen LogP contribution is -2.54. The molecule has 2 heterocycles. The molecule has 1 aromatic carbocycles. The summed E-state index contributed by atoms with van der Waals surface area (Å²) >= 11 is 0. The number of rotatable bonds is 8. The van der Waals surface area contributed by atoms with Gasteiger partial charge in [0.2, 0.25) is 17.7 Å². The van der Waals surface area contributed by atoms with Crippen molar-refractivity contribution in [3.8, 4) is 5.75 Å². The molecule has 10 nitrogen and oxygen atoms in total. The van der Waals surface area contributed by atoms with Gasteiger partial charge in [0, 0.05) is 40.5 Å². The fourth-order valence-electron chi connectivity index (χ4n) is 5.08. The van der Waals surface area contributed by atoms with Gasteiger partial charge in [-0.3, -0.25) is 19.3 Å². The first-order valence-electron chi connectivity index (χ1n) is 13.9. The van der Waals surface area contributed by atoms with E-state index in [-0.39, 0.29) is 32.4 Å². The van der Waals surface area contributed by atoms with Gasteiger partial charge in [0.1, 0.15) is 23.4 Å². The highest BCUT2D eigenvalue weighted by Gasteiger charge is 2.40. The Labute approximate surface area is 234 Å². The summed E-state index contributed by atoms with van der Waals surface area (Å²) in [7, 11) is 1.58. The number of carbonyl (C=O) groups excluding carboxylic acids is 4. The number of nitrogens with zero attached hydrogens (tertiary/aromatic N) is 2. The molecule has 1 aromatic rings. The molecule has 0 aromatic heterocycles. The summed E-state index contributed by atoms with van der Waals surface area (Å²) in [5.41, 5.74) is 0.227. The van der Waals surface area contributed by atoms with Gasteiger partial charge in [-0.1, -0.05) is 32.0 Å². The Bertz CT molecular complexity index is 1040. The average Bonchev–Trinajstić information content (AvgIpc) is 3.39. The highest BCUT2D eigenvalue weighted by Crippen LogP contribution is 2.25. The molecule has 0 saturated carbocycles. The summed E-state index contributed by atoms with van der Waals surface area (Å²) in [6, 6.07) is 6.27. The van der Waals surface area contributed by atoms with Crippen molar-refractivity contribution in [2.24, 2.45) is 11.8 Å². The Kier molecular flexibility index (Phi) is 10.2. The van der Waals surface area contributed by atoms with E-state index in [4.69, 9.17) is 9.47 Å². The number of carbonyl (C=O) groups is 4. The molecule has 2 fully saturated rings. The van der Waals surface area contributed by atoms with Gasteiger partial charge in [-0.2, -0.15) is 0 Å². The number of hydrogen-bond donors (Lipinski definition) is 2. The molecule has 39 heavy (non-hydrogen) atoms. The summed E-state index contributed by atoms with van der Waals surface area (Å²) < 4.78 is 10.8. The molecule has 0 radical (unpaired) electrons. The highest BCUT2D eigenvalue weighted by atomic mass is 16.6. The van der Waals surface area contributed by atoms with Gasteiger partial charge in [-0.15, -0.1) is 0 Å². The molecule has 2 aliphatic rings. The summed E-state index contributed by atoms with van der Waals surface area (Å²) in [6.45, 7) is 10.9. The van der Waals surface area contributed by atoms with E-state index in [1.165, 1.54) is 4.90 Å². The zero-order chi connectivity index (χ0) is 28.7. The Morgan fingerprint density at radius 2 is 1.72 bits per heavy atom. The molecule has 2 N–H and O–H groups in total. The van der Waals surface area contributed by atoms with Crippen molar-refractivity contribution in [1.82, 2.24) is 20.4 Å². The fraction of sp³-hybridized carbons (Fsp3) is 0.655. The van der Waals surface area contributed by atoms with Gasteiger partial charge < -0.3 is 25.0 Å². The van der Waals surface area contributed by atoms with Crippen molar-refractivity contribution < 1.29 is 31.5 Å². The average molecular weight is 549 g/mol. The van der Waals surface area contributed by atoms with Crippen molar-refractivity contribution in [2.45, 2.75) is 84.5 Å². The fourth-order valence-corrected chi connectivity index (χ4v) is 5.08. The normalized spacial score (nSPS) is 19.0. The molecule has 2 atom stereocenters. The lowest BCUT2D eigenvalue weighted by molar-refractivity contribution is -0.140. The van der Waals surface area contributed by atoms with E-state index in [0.29, 0.717) is 51.2 Å². The number of methoxy groups -OCH3 is 1. The standard InChI is InChI=1S/C29H44N4O6.2H2/c1-19(2)24(26(35)30-18-21-10-7-8-12-23(21)38-6)31-25(34)20-13-16-32(17-14-20)27(36)22-11-9-15-33(22)28(37)39-29(3,4)5;;/h7-8,10,12,19-20,22,24H,9,11,13-18H2,1-6H3,(H,30,35)(H,31,34);2*1H/t22-,24-;;/m0../s1. The second kappa shape index (κ2) is 13.2. The van der Waals surface area contributed by atoms with Crippen molar-refractivity contribution in [2.75, 3.05) is 26.7 Å². The van der Waals surface area contributed by atoms with E-state index in [0.717, 1.165) is 12.0 Å². The minimum atomic E-state index is -0.673. The second-order valence-electron chi connectivity index (χ2n) is 11.7. The predicted molar refractivity (Wildman–Crippen MR) is 151 cm³/mol. The maximum Gasteiger partial charge on any atom is 0.410 e. The molecule has 4 amide bonds. The van der Waals surface area contributed by atoms with Crippen LogP contribution in [0.5, 0.6) is 5.75 Å². The van der Waals surface area contributed by atoms with E-state index in [1.807, 2.05) is 58.9 Å². The molecule has 220 valence electrons. The lowest BCUT2D eigenvalue weighted by Gasteiger charge is -2.36. The van der Waals surface area contributed by atoms with Crippen LogP contribution in [0.1, 0.15) is 68.7 Å². The van der Waals surface area contributed by atoms with Crippen LogP contribution in [0.2, 0.25) is 0 Å². The van der Waals surface area contributed by atoms with E-state index in [9.17, 15) is 19.2 Å². The number of ether oxygens (including phenoxy) is 2. The van der Waals surface area contributed by atoms with Crippen molar-refractivity contribution in [3.05, 3.63) is 29.8 Å². The van der Waals surface area contributed by atoms with Crippen LogP contribution >= 0.6 is 0 Å². The Morgan fingerprint density at radius 3 is 2.33 bits per heavy atom. The van der Waals surface area contributed by atoms with Gasteiger partial charge >= 0.3 is 6.09 Å². The van der Waals surface area contributed by atoms with Crippen LogP contribution in [0.15, 0.2) is 24.3 Å². The van der Waals surface area contributed by atoms with Gasteiger partial charge in [0.25, 0.3) is 0 Å². The maximum absolute atomic E-state index is 13.3. The van der Waals surface area contributed by atoms with E-state index in [2.05, 4.69) is 10.6 Å². The number of hydrogen-bond acceptors (Lipinski definition) is 6. The molecule has 0 spiro atoms. The SMILES string of the molecule is COc1ccccc1CNC(=O)[C@@H](NC(=O)C1CCN(C(=O)[C@@H]2CCCN2C(=O)OC(C)(C)C)CC1)C(C)C.[HH].[HH]. The zero-order valence-electron chi connectivity index (χ0n) is 24.1. The minimum Gasteiger partial charge on any atom is -0.496 e. The van der Waals surface area contributed by atoms with Crippen molar-refractivity contribution in [3.63, 3.8) is 0 Å². The Morgan fingerprint density at radius 1 is 1.05 bits per heavy atom. The summed E-state index contributed by atoms with van der Waals surface area (Å²) in [4.78, 5) is 55.2. The molecular weight excluding hydrogens is 500 g/mol. The number of para-hydroxylation sites is 1. The Balaban J connectivity index is 0.00000420. The molecule has 0 unspecified atom stereocenters. The van der Waals surface area contributed by atoms with Crippen molar-refractivity contribution >= 4 is 23.8 Å². The van der Waals surface area contributed by atoms with Crippen LogP contribution in [0, 0.1) is 11.8 Å². The number of amides is 4. The van der Waals surface area contributed by atoms with Crippen LogP contribution in [-0.2, 0) is 25.7 Å². The molecule has 0 aliphatic carbocycles. The number of likely N-dealkylation sites (tertiary alicyclic amines) is 2. The Hall–Kier alpha value is -3.30. The molecule has 10 heteroatoms. The third-order valence-electron chi connectivity index (χ3n) is 7.24. The third-order valence-corrected chi connectivity index (χ3v) is 7.24. The third kappa shape index (κ3) is 8.10. The van der Waals surface area contributed by atoms with E-state index < -0.39 is 23.8 Å². The second-order valence-corrected chi connectivity index (χ2v) is 11.7. The highest BCUT2D eigenvalue weighted by molar-refractivity contribution is 5.89. The zero-order valence-corrected chi connectivity index (χ0v) is 24.1. The van der Waals surface area contributed by atoms with E-state index >= 15 is 0 Å². The largest absolute Gasteiger partial charge is 0.496 e. The monoisotopic (exact) mass is 548 g/mol. The molecule has 3 rings (SSSR count). The van der Waals surface area contributed by atoms with Crippen LogP contribution in [0.3, 0.4) is 0 Å². The van der Waals surface area contributed by atoms with Crippen LogP contribution < -0.4 is 15.4 Å². The molecule has 0 bridgehead atoms. The maximum atomic E-state index is 13.3. The van der Waals surface area contributed by atoms with Gasteiger partial charge in [-0.25, -0.2) is 4.79 Å². The van der Waals surface area contributed by atoms with Gasteiger partial charge in [-0.05, 0) is 58.4 Å². The van der Waals surface area contributed by atoms with Gasteiger partial charge in [0.05, 0.1) is 7.11 Å². The predicted octanol–water partition coefficient (Wildman–Crippen LogP) is 3.58. The van der Waals surface area contributed by atoms with Gasteiger partial charge in [0.15, 0.2) is 0 Å². The number of nitrogens with one attached hydrogen (secondary N) is 2. The van der Waals surface area contributed by atoms with Crippen molar-refractivity contribution in [1.29, 1.82) is 0 Å². The first kappa shape index (κ1) is 30.2. The topological polar surface area (TPSA) is 117 Å². The van der Waals surface area contributed by atoms with E-state index in [1.54, 1.807) is 12.0 Å². The summed E-state index contributed by atoms with van der Waals surface area (Å²) in [6.07, 6.45) is 1.91. The smallest absolute Gasteiger partial charge is 0.410 e. The number of piperidine rings is 1. The molecule has 2 aliphatic heterocycles. The molecular formula is C29H48N4O6. The lowest BCUT2D eigenvalue weighted by atomic mass is 9.94. The van der Waals surface area contributed by atoms with Crippen LogP contribution in [0.25, 0.3) is 0 Å². The van der Waals surface area contributed by atoms with Crippen LogP contribution in [-0.4, -0.2) is 78.0 Å². The quantitative estimate of drug-likeness (QED) is 0.513. The summed E-state index contributed by atoms with van der Waals surface area (Å²) in [5.74, 6) is -0.216. The van der Waals surface area contributed by atoms with Crippen LogP contribution in [0.4, 0.5) is 4.79 Å². The summed E-state index contributed by atoms with van der Waals surface area (Å²) in [5, 5.41) is 5.85. The first-order valence-corrected chi connectivity index (χ1v) is 13.9. The molecule has 2 saturated heterocycles. The number of benzene rings is 1. The minimum absolute atomic E-state index is 0.